The van der Waals surface area contributed by atoms with Crippen LogP contribution in [0.4, 0.5) is 0 Å². The van der Waals surface area contributed by atoms with Crippen molar-refractivity contribution in [3.8, 4) is 0 Å². The number of benzene rings is 1. The van der Waals surface area contributed by atoms with Crippen molar-refractivity contribution >= 4 is 31.9 Å². The zero-order valence-electron chi connectivity index (χ0n) is 11.4. The predicted molar refractivity (Wildman–Crippen MR) is 79.6 cm³/mol. The van der Waals surface area contributed by atoms with E-state index in [9.17, 15) is 13.2 Å². The number of carboxylic acid groups (broad SMARTS) is 1. The fourth-order valence-electron chi connectivity index (χ4n) is 2.14. The summed E-state index contributed by atoms with van der Waals surface area (Å²) in [6.07, 6.45) is -0.333. The van der Waals surface area contributed by atoms with Gasteiger partial charge >= 0.3 is 5.97 Å². The van der Waals surface area contributed by atoms with Gasteiger partial charge in [-0.3, -0.25) is 0 Å². The van der Waals surface area contributed by atoms with Crippen LogP contribution in [0.5, 0.6) is 0 Å². The molecule has 116 valence electrons. The van der Waals surface area contributed by atoms with Gasteiger partial charge in [-0.2, -0.15) is 0 Å². The van der Waals surface area contributed by atoms with E-state index in [4.69, 9.17) is 9.84 Å². The minimum absolute atomic E-state index is 0.0619. The lowest BCUT2D eigenvalue weighted by molar-refractivity contribution is -0.149. The highest BCUT2D eigenvalue weighted by molar-refractivity contribution is 9.10. The quantitative estimate of drug-likeness (QED) is 0.813. The van der Waals surface area contributed by atoms with Gasteiger partial charge in [-0.1, -0.05) is 6.07 Å². The Morgan fingerprint density at radius 3 is 2.76 bits per heavy atom. The topological polar surface area (TPSA) is 92.7 Å². The molecule has 21 heavy (non-hydrogen) atoms. The number of aryl methyl sites for hydroxylation is 1. The van der Waals surface area contributed by atoms with E-state index < -0.39 is 28.2 Å². The lowest BCUT2D eigenvalue weighted by Gasteiger charge is -2.13. The molecule has 1 saturated heterocycles. The largest absolute Gasteiger partial charge is 0.479 e. The molecule has 2 unspecified atom stereocenters. The van der Waals surface area contributed by atoms with Gasteiger partial charge in [0.05, 0.1) is 11.0 Å². The molecule has 0 saturated carbocycles. The molecule has 2 rings (SSSR count). The normalized spacial score (nSPS) is 22.4. The van der Waals surface area contributed by atoms with Crippen LogP contribution in [0.2, 0.25) is 0 Å². The Morgan fingerprint density at radius 2 is 2.19 bits per heavy atom. The van der Waals surface area contributed by atoms with E-state index in [1.54, 1.807) is 12.1 Å². The van der Waals surface area contributed by atoms with Crippen molar-refractivity contribution in [2.45, 2.75) is 36.9 Å². The highest BCUT2D eigenvalue weighted by Gasteiger charge is 2.31. The average molecular weight is 378 g/mol. The molecule has 0 aromatic heterocycles. The van der Waals surface area contributed by atoms with Gasteiger partial charge in [-0.05, 0) is 53.4 Å². The van der Waals surface area contributed by atoms with E-state index in [0.717, 1.165) is 5.56 Å². The van der Waals surface area contributed by atoms with Crippen LogP contribution in [0.1, 0.15) is 18.4 Å². The van der Waals surface area contributed by atoms with Gasteiger partial charge in [0.15, 0.2) is 6.10 Å². The first-order valence-electron chi connectivity index (χ1n) is 6.43. The van der Waals surface area contributed by atoms with Crippen LogP contribution in [0.25, 0.3) is 0 Å². The summed E-state index contributed by atoms with van der Waals surface area (Å²) >= 11 is 3.24. The number of nitrogens with one attached hydrogen (secondary N) is 1. The van der Waals surface area contributed by atoms with Crippen molar-refractivity contribution in [3.05, 3.63) is 28.2 Å². The monoisotopic (exact) mass is 377 g/mol. The van der Waals surface area contributed by atoms with Gasteiger partial charge in [0.2, 0.25) is 10.0 Å². The fourth-order valence-corrected chi connectivity index (χ4v) is 4.40. The van der Waals surface area contributed by atoms with Crippen LogP contribution in [0, 0.1) is 6.92 Å². The third-order valence-electron chi connectivity index (χ3n) is 3.26. The fraction of sp³-hybridized carbons (Fsp3) is 0.462. The lowest BCUT2D eigenvalue weighted by atomic mass is 10.2. The summed E-state index contributed by atoms with van der Waals surface area (Å²) in [5.74, 6) is -1.01. The molecule has 0 bridgehead atoms. The van der Waals surface area contributed by atoms with Crippen LogP contribution in [0.3, 0.4) is 0 Å². The second-order valence-corrected chi connectivity index (χ2v) is 7.54. The molecular weight excluding hydrogens is 362 g/mol. The summed E-state index contributed by atoms with van der Waals surface area (Å²) < 4.78 is 32.7. The molecular formula is C13H16BrNO5S. The Hall–Kier alpha value is -0.960. The van der Waals surface area contributed by atoms with Crippen LogP contribution in [0.15, 0.2) is 27.6 Å². The Labute approximate surface area is 131 Å². The summed E-state index contributed by atoms with van der Waals surface area (Å²) in [5.41, 5.74) is 0.948. The number of sulfonamides is 1. The highest BCUT2D eigenvalue weighted by atomic mass is 79.9. The number of aliphatic carboxylic acids is 1. The summed E-state index contributed by atoms with van der Waals surface area (Å²) in [6.45, 7) is 1.93. The minimum atomic E-state index is -3.66. The zero-order chi connectivity index (χ0) is 15.6. The van der Waals surface area contributed by atoms with Gasteiger partial charge in [0.1, 0.15) is 0 Å². The van der Waals surface area contributed by atoms with Gasteiger partial charge in [-0.15, -0.1) is 0 Å². The molecule has 6 nitrogen and oxygen atoms in total. The minimum Gasteiger partial charge on any atom is -0.479 e. The van der Waals surface area contributed by atoms with Crippen LogP contribution >= 0.6 is 15.9 Å². The van der Waals surface area contributed by atoms with E-state index in [0.29, 0.717) is 17.3 Å². The van der Waals surface area contributed by atoms with Crippen LogP contribution < -0.4 is 4.72 Å². The van der Waals surface area contributed by atoms with E-state index >= 15 is 0 Å². The number of carbonyl (C=O) groups is 1. The average Bonchev–Trinajstić information content (AvgIpc) is 2.85. The Kier molecular flexibility index (Phi) is 5.03. The summed E-state index contributed by atoms with van der Waals surface area (Å²) in [6, 6.07) is 4.96. The Morgan fingerprint density at radius 1 is 1.48 bits per heavy atom. The standard InChI is InChI=1S/C13H16BrNO5S/c1-8-2-5-12(10(14)6-8)21(18,19)15-7-9-3-4-11(20-9)13(16)17/h2,5-6,9,11,15H,3-4,7H2,1H3,(H,16,17). The molecule has 1 fully saturated rings. The molecule has 1 aliphatic heterocycles. The number of rotatable bonds is 5. The first-order valence-corrected chi connectivity index (χ1v) is 8.71. The molecule has 1 heterocycles. The van der Waals surface area contributed by atoms with Crippen molar-refractivity contribution in [2.75, 3.05) is 6.54 Å². The first kappa shape index (κ1) is 16.4. The number of halogens is 1. The third-order valence-corrected chi connectivity index (χ3v) is 5.66. The molecule has 0 spiro atoms. The van der Waals surface area contributed by atoms with Crippen LogP contribution in [-0.2, 0) is 19.6 Å². The number of carboxylic acids is 1. The maximum absolute atomic E-state index is 12.2. The second kappa shape index (κ2) is 6.43. The highest BCUT2D eigenvalue weighted by Crippen LogP contribution is 2.24. The van der Waals surface area contributed by atoms with Gasteiger partial charge < -0.3 is 9.84 Å². The smallest absolute Gasteiger partial charge is 0.332 e. The number of hydrogen-bond donors (Lipinski definition) is 2. The number of ether oxygens (including phenoxy) is 1. The summed E-state index contributed by atoms with van der Waals surface area (Å²) in [7, 11) is -3.66. The Balaban J connectivity index is 2.01. The molecule has 1 aliphatic rings. The summed E-state index contributed by atoms with van der Waals surface area (Å²) in [4.78, 5) is 10.9. The van der Waals surface area contributed by atoms with Gasteiger partial charge in [-0.25, -0.2) is 17.9 Å². The maximum atomic E-state index is 12.2. The van der Waals surface area contributed by atoms with Gasteiger partial charge in [0.25, 0.3) is 0 Å². The first-order chi connectivity index (χ1) is 9.79. The van der Waals surface area contributed by atoms with Crippen molar-refractivity contribution in [2.24, 2.45) is 0 Å². The van der Waals surface area contributed by atoms with Crippen molar-refractivity contribution in [1.82, 2.24) is 4.72 Å². The zero-order valence-corrected chi connectivity index (χ0v) is 13.8. The lowest BCUT2D eigenvalue weighted by Crippen LogP contribution is -2.33. The van der Waals surface area contributed by atoms with E-state index in [1.165, 1.54) is 6.07 Å². The van der Waals surface area contributed by atoms with Gasteiger partial charge in [0, 0.05) is 11.0 Å². The molecule has 1 aromatic carbocycles. The number of hydrogen-bond acceptors (Lipinski definition) is 4. The van der Waals surface area contributed by atoms with E-state index in [-0.39, 0.29) is 11.4 Å². The molecule has 2 atom stereocenters. The Bertz CT molecular complexity index is 646. The third kappa shape index (κ3) is 4.03. The van der Waals surface area contributed by atoms with Crippen molar-refractivity contribution in [1.29, 1.82) is 0 Å². The van der Waals surface area contributed by atoms with E-state index in [2.05, 4.69) is 20.7 Å². The molecule has 1 aromatic rings. The molecule has 8 heteroatoms. The van der Waals surface area contributed by atoms with Crippen molar-refractivity contribution in [3.63, 3.8) is 0 Å². The second-order valence-electron chi connectivity index (χ2n) is 4.95. The predicted octanol–water partition coefficient (Wildman–Crippen LogP) is 1.67. The summed E-state index contributed by atoms with van der Waals surface area (Å²) in [5, 5.41) is 8.83. The van der Waals surface area contributed by atoms with Crippen molar-refractivity contribution < 1.29 is 23.1 Å². The SMILES string of the molecule is Cc1ccc(S(=O)(=O)NCC2CCC(C(=O)O)O2)c(Br)c1. The van der Waals surface area contributed by atoms with Crippen LogP contribution in [-0.4, -0.2) is 38.2 Å². The molecule has 0 aliphatic carbocycles. The van der Waals surface area contributed by atoms with E-state index in [1.807, 2.05) is 6.92 Å². The molecule has 0 radical (unpaired) electrons. The molecule has 0 amide bonds. The maximum Gasteiger partial charge on any atom is 0.332 e. The molecule has 2 N–H and O–H groups in total.